The maximum Gasteiger partial charge on any atom is 0.0438 e. The summed E-state index contributed by atoms with van der Waals surface area (Å²) in [6.45, 7) is 2.25. The lowest BCUT2D eigenvalue weighted by atomic mass is 9.75. The molecule has 1 nitrogen and oxygen atoms in total. The van der Waals surface area contributed by atoms with E-state index in [2.05, 4.69) is 54.7 Å². The minimum Gasteiger partial charge on any atom is -0.311 e. The fourth-order valence-corrected chi connectivity index (χ4v) is 3.42. The van der Waals surface area contributed by atoms with Gasteiger partial charge in [0.25, 0.3) is 0 Å². The van der Waals surface area contributed by atoms with Gasteiger partial charge >= 0.3 is 0 Å². The van der Waals surface area contributed by atoms with Gasteiger partial charge in [0.1, 0.15) is 0 Å². The van der Waals surface area contributed by atoms with Crippen LogP contribution in [0.4, 0.5) is 0 Å². The molecule has 2 aromatic rings. The minimum absolute atomic E-state index is 0.464. The van der Waals surface area contributed by atoms with Gasteiger partial charge in [-0.15, -0.1) is 0 Å². The van der Waals surface area contributed by atoms with Crippen LogP contribution in [0.15, 0.2) is 54.6 Å². The van der Waals surface area contributed by atoms with Crippen LogP contribution in [0.1, 0.15) is 36.8 Å². The lowest BCUT2D eigenvalue weighted by molar-refractivity contribution is 0.269. The van der Waals surface area contributed by atoms with Crippen molar-refractivity contribution in [2.45, 2.75) is 44.2 Å². The number of hydrogen-bond donors (Lipinski definition) is 1. The molecule has 1 aliphatic carbocycles. The molecule has 1 fully saturated rings. The molecule has 0 aromatic heterocycles. The lowest BCUT2D eigenvalue weighted by Gasteiger charge is -2.38. The number of nitrogens with one attached hydrogen (secondary N) is 1. The standard InChI is InChI=1S/C19H22ClN/c1-14(11-16-9-5-6-10-19(16)20)21-18-12-17(13-18)15-7-3-2-4-8-15/h2-10,14,17-18,21H,11-13H2,1H3. The van der Waals surface area contributed by atoms with Crippen LogP contribution in [0.2, 0.25) is 5.02 Å². The van der Waals surface area contributed by atoms with Gasteiger partial charge in [-0.25, -0.2) is 0 Å². The Balaban J connectivity index is 1.47. The molecule has 110 valence electrons. The van der Waals surface area contributed by atoms with E-state index in [9.17, 15) is 0 Å². The van der Waals surface area contributed by atoms with E-state index in [0.29, 0.717) is 12.1 Å². The van der Waals surface area contributed by atoms with Gasteiger partial charge in [0.05, 0.1) is 0 Å². The molecule has 1 atom stereocenters. The van der Waals surface area contributed by atoms with Crippen LogP contribution >= 0.6 is 11.6 Å². The van der Waals surface area contributed by atoms with Crippen LogP contribution in [0.25, 0.3) is 0 Å². The van der Waals surface area contributed by atoms with Gasteiger partial charge in [0, 0.05) is 17.1 Å². The number of hydrogen-bond acceptors (Lipinski definition) is 1. The molecule has 0 saturated heterocycles. The average molecular weight is 300 g/mol. The van der Waals surface area contributed by atoms with Gasteiger partial charge < -0.3 is 5.32 Å². The van der Waals surface area contributed by atoms with E-state index < -0.39 is 0 Å². The Morgan fingerprint density at radius 1 is 1.05 bits per heavy atom. The first-order valence-corrected chi connectivity index (χ1v) is 8.14. The molecule has 0 amide bonds. The second-order valence-electron chi connectivity index (χ2n) is 6.14. The van der Waals surface area contributed by atoms with E-state index >= 15 is 0 Å². The molecule has 1 saturated carbocycles. The quantitative estimate of drug-likeness (QED) is 0.835. The minimum atomic E-state index is 0.464. The number of benzene rings is 2. The third-order valence-electron chi connectivity index (χ3n) is 4.41. The van der Waals surface area contributed by atoms with Crippen molar-refractivity contribution in [2.75, 3.05) is 0 Å². The second kappa shape index (κ2) is 6.64. The zero-order chi connectivity index (χ0) is 14.7. The fourth-order valence-electron chi connectivity index (χ4n) is 3.21. The summed E-state index contributed by atoms with van der Waals surface area (Å²) >= 11 is 6.23. The van der Waals surface area contributed by atoms with Crippen molar-refractivity contribution >= 4 is 11.6 Å². The molecule has 0 spiro atoms. The van der Waals surface area contributed by atoms with Crippen molar-refractivity contribution in [2.24, 2.45) is 0 Å². The summed E-state index contributed by atoms with van der Waals surface area (Å²) in [6.07, 6.45) is 3.49. The predicted octanol–water partition coefficient (Wildman–Crippen LogP) is 4.81. The molecular weight excluding hydrogens is 278 g/mol. The second-order valence-corrected chi connectivity index (χ2v) is 6.55. The fraction of sp³-hybridized carbons (Fsp3) is 0.368. The maximum absolute atomic E-state index is 6.23. The van der Waals surface area contributed by atoms with E-state index in [-0.39, 0.29) is 0 Å². The zero-order valence-corrected chi connectivity index (χ0v) is 13.2. The highest BCUT2D eigenvalue weighted by Gasteiger charge is 2.30. The average Bonchev–Trinajstić information content (AvgIpc) is 2.46. The number of rotatable bonds is 5. The third kappa shape index (κ3) is 3.66. The van der Waals surface area contributed by atoms with Crippen LogP contribution in [0.5, 0.6) is 0 Å². The highest BCUT2D eigenvalue weighted by Crippen LogP contribution is 2.37. The van der Waals surface area contributed by atoms with Crippen molar-refractivity contribution in [1.29, 1.82) is 0 Å². The molecule has 2 heteroatoms. The monoisotopic (exact) mass is 299 g/mol. The molecule has 21 heavy (non-hydrogen) atoms. The highest BCUT2D eigenvalue weighted by atomic mass is 35.5. The number of halogens is 1. The Labute approximate surface area is 132 Å². The predicted molar refractivity (Wildman–Crippen MR) is 90.0 cm³/mol. The van der Waals surface area contributed by atoms with E-state index in [1.165, 1.54) is 24.0 Å². The summed E-state index contributed by atoms with van der Waals surface area (Å²) in [5.74, 6) is 0.733. The smallest absolute Gasteiger partial charge is 0.0438 e. The van der Waals surface area contributed by atoms with Gasteiger partial charge in [0.15, 0.2) is 0 Å². The Morgan fingerprint density at radius 2 is 1.71 bits per heavy atom. The SMILES string of the molecule is CC(Cc1ccccc1Cl)NC1CC(c2ccccc2)C1. The summed E-state index contributed by atoms with van der Waals surface area (Å²) in [7, 11) is 0. The Morgan fingerprint density at radius 3 is 2.43 bits per heavy atom. The summed E-state index contributed by atoms with van der Waals surface area (Å²) in [5.41, 5.74) is 2.72. The highest BCUT2D eigenvalue weighted by molar-refractivity contribution is 6.31. The van der Waals surface area contributed by atoms with E-state index in [1.807, 2.05) is 12.1 Å². The van der Waals surface area contributed by atoms with Crippen LogP contribution in [0.3, 0.4) is 0 Å². The van der Waals surface area contributed by atoms with Gasteiger partial charge in [-0.05, 0) is 49.3 Å². The molecule has 1 aliphatic rings. The zero-order valence-electron chi connectivity index (χ0n) is 12.4. The van der Waals surface area contributed by atoms with Crippen molar-refractivity contribution in [3.8, 4) is 0 Å². The Hall–Kier alpha value is -1.31. The normalized spacial score (nSPS) is 22.6. The van der Waals surface area contributed by atoms with Gasteiger partial charge in [-0.1, -0.05) is 60.1 Å². The molecule has 0 radical (unpaired) electrons. The van der Waals surface area contributed by atoms with Gasteiger partial charge in [-0.3, -0.25) is 0 Å². The van der Waals surface area contributed by atoms with Crippen molar-refractivity contribution < 1.29 is 0 Å². The van der Waals surface area contributed by atoms with Crippen molar-refractivity contribution in [1.82, 2.24) is 5.32 Å². The van der Waals surface area contributed by atoms with Crippen LogP contribution in [-0.4, -0.2) is 12.1 Å². The summed E-state index contributed by atoms with van der Waals surface area (Å²) in [6, 6.07) is 20.1. The molecule has 0 aliphatic heterocycles. The molecule has 1 unspecified atom stereocenters. The van der Waals surface area contributed by atoms with Crippen LogP contribution < -0.4 is 5.32 Å². The topological polar surface area (TPSA) is 12.0 Å². The lowest BCUT2D eigenvalue weighted by Crippen LogP contribution is -2.45. The van der Waals surface area contributed by atoms with Gasteiger partial charge in [0.2, 0.25) is 0 Å². The van der Waals surface area contributed by atoms with Crippen molar-refractivity contribution in [3.63, 3.8) is 0 Å². The molecule has 0 heterocycles. The van der Waals surface area contributed by atoms with E-state index in [1.54, 1.807) is 0 Å². The summed E-state index contributed by atoms with van der Waals surface area (Å²) in [5, 5.41) is 4.61. The first kappa shape index (κ1) is 14.6. The van der Waals surface area contributed by atoms with Gasteiger partial charge in [-0.2, -0.15) is 0 Å². The van der Waals surface area contributed by atoms with Crippen LogP contribution in [0, 0.1) is 0 Å². The molecule has 0 bridgehead atoms. The van der Waals surface area contributed by atoms with E-state index in [0.717, 1.165) is 17.4 Å². The first-order valence-electron chi connectivity index (χ1n) is 7.77. The Kier molecular flexibility index (Phi) is 4.62. The molecule has 2 aromatic carbocycles. The molecule has 1 N–H and O–H groups in total. The third-order valence-corrected chi connectivity index (χ3v) is 4.78. The van der Waals surface area contributed by atoms with E-state index in [4.69, 9.17) is 11.6 Å². The van der Waals surface area contributed by atoms with Crippen LogP contribution in [-0.2, 0) is 6.42 Å². The Bertz CT molecular complexity index is 575. The van der Waals surface area contributed by atoms with Crippen molar-refractivity contribution in [3.05, 3.63) is 70.7 Å². The summed E-state index contributed by atoms with van der Waals surface area (Å²) in [4.78, 5) is 0. The molecule has 3 rings (SSSR count). The molecular formula is C19H22ClN. The maximum atomic E-state index is 6.23. The summed E-state index contributed by atoms with van der Waals surface area (Å²) < 4.78 is 0. The first-order chi connectivity index (χ1) is 10.2. The largest absolute Gasteiger partial charge is 0.311 e.